The lowest BCUT2D eigenvalue weighted by molar-refractivity contribution is -0.144. The fourth-order valence-electron chi connectivity index (χ4n) is 1.80. The second-order valence-electron chi connectivity index (χ2n) is 4.27. The highest BCUT2D eigenvalue weighted by molar-refractivity contribution is 9.11. The van der Waals surface area contributed by atoms with Crippen molar-refractivity contribution >= 4 is 37.8 Å². The van der Waals surface area contributed by atoms with Gasteiger partial charge < -0.3 is 15.6 Å². The molecule has 4 nitrogen and oxygen atoms in total. The minimum atomic E-state index is -0.786. The standard InChI is InChI=1S/C13H17Br2NO3/c1-4-19-13(18)9(16)5-8-6(2)10(14)7(3)11(15)12(8)17/h9,17H,4-5,16H2,1-3H3. The fourth-order valence-corrected chi connectivity index (χ4v) is 2.94. The first kappa shape index (κ1) is 16.5. The topological polar surface area (TPSA) is 72.5 Å². The van der Waals surface area contributed by atoms with E-state index < -0.39 is 12.0 Å². The molecule has 3 N–H and O–H groups in total. The van der Waals surface area contributed by atoms with Crippen molar-refractivity contribution < 1.29 is 14.6 Å². The normalized spacial score (nSPS) is 12.3. The maximum atomic E-state index is 11.6. The van der Waals surface area contributed by atoms with Crippen molar-refractivity contribution in [1.29, 1.82) is 0 Å². The van der Waals surface area contributed by atoms with Gasteiger partial charge in [-0.05, 0) is 47.8 Å². The van der Waals surface area contributed by atoms with E-state index in [0.29, 0.717) is 16.6 Å². The molecule has 0 saturated heterocycles. The Morgan fingerprint density at radius 2 is 1.89 bits per heavy atom. The van der Waals surface area contributed by atoms with Crippen molar-refractivity contribution in [2.24, 2.45) is 5.73 Å². The minimum Gasteiger partial charge on any atom is -0.506 e. The second kappa shape index (κ2) is 6.72. The van der Waals surface area contributed by atoms with E-state index in [9.17, 15) is 9.90 Å². The molecule has 0 spiro atoms. The number of phenolic OH excluding ortho intramolecular Hbond substituents is 1. The number of phenols is 1. The second-order valence-corrected chi connectivity index (χ2v) is 5.85. The molecule has 0 aliphatic heterocycles. The molecular weight excluding hydrogens is 378 g/mol. The van der Waals surface area contributed by atoms with Crippen LogP contribution >= 0.6 is 31.9 Å². The molecule has 0 amide bonds. The van der Waals surface area contributed by atoms with Gasteiger partial charge >= 0.3 is 5.97 Å². The average Bonchev–Trinajstić information content (AvgIpc) is 2.39. The van der Waals surface area contributed by atoms with Crippen LogP contribution in [0.25, 0.3) is 0 Å². The summed E-state index contributed by atoms with van der Waals surface area (Å²) in [5.74, 6) is -0.341. The monoisotopic (exact) mass is 393 g/mol. The molecule has 0 radical (unpaired) electrons. The molecule has 1 aromatic carbocycles. The van der Waals surface area contributed by atoms with Crippen molar-refractivity contribution in [2.45, 2.75) is 33.2 Å². The molecule has 1 atom stereocenters. The highest BCUT2D eigenvalue weighted by Crippen LogP contribution is 2.39. The molecule has 0 aliphatic carbocycles. The van der Waals surface area contributed by atoms with E-state index in [0.717, 1.165) is 15.6 Å². The first-order chi connectivity index (χ1) is 8.81. The number of hydrogen-bond donors (Lipinski definition) is 2. The largest absolute Gasteiger partial charge is 0.506 e. The van der Waals surface area contributed by atoms with Crippen LogP contribution in [0.15, 0.2) is 8.95 Å². The van der Waals surface area contributed by atoms with Crippen LogP contribution in [-0.4, -0.2) is 23.7 Å². The van der Waals surface area contributed by atoms with Gasteiger partial charge in [0.15, 0.2) is 0 Å². The van der Waals surface area contributed by atoms with E-state index in [2.05, 4.69) is 31.9 Å². The van der Waals surface area contributed by atoms with E-state index in [1.54, 1.807) is 6.92 Å². The number of rotatable bonds is 4. The van der Waals surface area contributed by atoms with Gasteiger partial charge in [0.1, 0.15) is 11.8 Å². The fraction of sp³-hybridized carbons (Fsp3) is 0.462. The van der Waals surface area contributed by atoms with Crippen LogP contribution in [0.1, 0.15) is 23.6 Å². The SMILES string of the molecule is CCOC(=O)C(N)Cc1c(C)c(Br)c(C)c(Br)c1O. The van der Waals surface area contributed by atoms with Gasteiger partial charge in [-0.25, -0.2) is 0 Å². The molecule has 0 heterocycles. The number of esters is 1. The van der Waals surface area contributed by atoms with Crippen molar-refractivity contribution in [3.8, 4) is 5.75 Å². The third-order valence-corrected chi connectivity index (χ3v) is 5.11. The summed E-state index contributed by atoms with van der Waals surface area (Å²) in [6, 6.07) is -0.786. The Hall–Kier alpha value is -0.590. The summed E-state index contributed by atoms with van der Waals surface area (Å²) in [6.07, 6.45) is 0.230. The number of carbonyl (C=O) groups is 1. The van der Waals surface area contributed by atoms with Crippen LogP contribution in [0.5, 0.6) is 5.75 Å². The average molecular weight is 395 g/mol. The van der Waals surface area contributed by atoms with Crippen LogP contribution in [-0.2, 0) is 16.0 Å². The lowest BCUT2D eigenvalue weighted by Gasteiger charge is -2.17. The Bertz CT molecular complexity index is 474. The Kier molecular flexibility index (Phi) is 5.82. The zero-order chi connectivity index (χ0) is 14.7. The highest BCUT2D eigenvalue weighted by Gasteiger charge is 2.22. The third kappa shape index (κ3) is 3.49. The molecule has 0 fully saturated rings. The molecule has 0 bridgehead atoms. The molecule has 19 heavy (non-hydrogen) atoms. The predicted octanol–water partition coefficient (Wildman–Crippen LogP) is 2.97. The summed E-state index contributed by atoms with van der Waals surface area (Å²) in [5, 5.41) is 10.2. The number of aromatic hydroxyl groups is 1. The lowest BCUT2D eigenvalue weighted by atomic mass is 9.98. The van der Waals surface area contributed by atoms with Gasteiger partial charge in [-0.1, -0.05) is 15.9 Å². The number of benzene rings is 1. The van der Waals surface area contributed by atoms with E-state index in [4.69, 9.17) is 10.5 Å². The van der Waals surface area contributed by atoms with Gasteiger partial charge in [-0.15, -0.1) is 0 Å². The molecule has 0 aliphatic rings. The molecule has 1 unspecified atom stereocenters. The van der Waals surface area contributed by atoms with Crippen LogP contribution in [0, 0.1) is 13.8 Å². The summed E-state index contributed by atoms with van der Waals surface area (Å²) in [6.45, 7) is 5.78. The van der Waals surface area contributed by atoms with Crippen molar-refractivity contribution in [3.63, 3.8) is 0 Å². The Morgan fingerprint density at radius 3 is 2.42 bits per heavy atom. The molecule has 0 saturated carbocycles. The van der Waals surface area contributed by atoms with Crippen molar-refractivity contribution in [1.82, 2.24) is 0 Å². The smallest absolute Gasteiger partial charge is 0.323 e. The van der Waals surface area contributed by atoms with Crippen LogP contribution in [0.4, 0.5) is 0 Å². The quantitative estimate of drug-likeness (QED) is 0.770. The molecule has 1 rings (SSSR count). The highest BCUT2D eigenvalue weighted by atomic mass is 79.9. The van der Waals surface area contributed by atoms with E-state index in [-0.39, 0.29) is 12.2 Å². The molecule has 6 heteroatoms. The number of ether oxygens (including phenoxy) is 1. The van der Waals surface area contributed by atoms with Gasteiger partial charge in [0, 0.05) is 16.5 Å². The minimum absolute atomic E-state index is 0.123. The molecule has 0 aromatic heterocycles. The van der Waals surface area contributed by atoms with Gasteiger partial charge in [0.05, 0.1) is 11.1 Å². The predicted molar refractivity (Wildman–Crippen MR) is 81.3 cm³/mol. The number of hydrogen-bond acceptors (Lipinski definition) is 4. The van der Waals surface area contributed by atoms with Crippen LogP contribution < -0.4 is 5.73 Å². The Balaban J connectivity index is 3.12. The molecular formula is C13H17Br2NO3. The number of nitrogens with two attached hydrogens (primary N) is 1. The van der Waals surface area contributed by atoms with Gasteiger partial charge in [0.2, 0.25) is 0 Å². The first-order valence-corrected chi connectivity index (χ1v) is 7.48. The van der Waals surface area contributed by atoms with E-state index in [1.807, 2.05) is 13.8 Å². The summed E-state index contributed by atoms with van der Waals surface area (Å²) in [7, 11) is 0. The van der Waals surface area contributed by atoms with E-state index in [1.165, 1.54) is 0 Å². The van der Waals surface area contributed by atoms with E-state index >= 15 is 0 Å². The molecule has 1 aromatic rings. The zero-order valence-corrected chi connectivity index (χ0v) is 14.3. The lowest BCUT2D eigenvalue weighted by Crippen LogP contribution is -2.34. The van der Waals surface area contributed by atoms with Gasteiger partial charge in [-0.3, -0.25) is 4.79 Å². The Morgan fingerprint density at radius 1 is 1.32 bits per heavy atom. The maximum Gasteiger partial charge on any atom is 0.323 e. The first-order valence-electron chi connectivity index (χ1n) is 5.89. The zero-order valence-electron chi connectivity index (χ0n) is 11.1. The maximum absolute atomic E-state index is 11.6. The Labute approximate surface area is 129 Å². The summed E-state index contributed by atoms with van der Waals surface area (Å²) in [5.41, 5.74) is 8.22. The van der Waals surface area contributed by atoms with Gasteiger partial charge in [-0.2, -0.15) is 0 Å². The third-order valence-electron chi connectivity index (χ3n) is 2.95. The van der Waals surface area contributed by atoms with Crippen molar-refractivity contribution in [3.05, 3.63) is 25.6 Å². The van der Waals surface area contributed by atoms with Crippen LogP contribution in [0.3, 0.4) is 0 Å². The molecule has 106 valence electrons. The summed E-state index contributed by atoms with van der Waals surface area (Å²) in [4.78, 5) is 11.6. The number of carbonyl (C=O) groups excluding carboxylic acids is 1. The van der Waals surface area contributed by atoms with Gasteiger partial charge in [0.25, 0.3) is 0 Å². The van der Waals surface area contributed by atoms with Crippen molar-refractivity contribution in [2.75, 3.05) is 6.61 Å². The van der Waals surface area contributed by atoms with Crippen LogP contribution in [0.2, 0.25) is 0 Å². The summed E-state index contributed by atoms with van der Waals surface area (Å²) < 4.78 is 6.37. The number of halogens is 2. The summed E-state index contributed by atoms with van der Waals surface area (Å²) >= 11 is 6.81.